The molecule has 0 saturated carbocycles. The van der Waals surface area contributed by atoms with E-state index in [9.17, 15) is 19.5 Å². The zero-order chi connectivity index (χ0) is 20.3. The van der Waals surface area contributed by atoms with Crippen molar-refractivity contribution >= 4 is 29.2 Å². The van der Waals surface area contributed by atoms with Gasteiger partial charge >= 0.3 is 5.97 Å². The molecule has 0 radical (unpaired) electrons. The normalized spacial score (nSPS) is 10.5. The zero-order valence-corrected chi connectivity index (χ0v) is 15.2. The molecule has 1 aromatic carbocycles. The third-order valence-electron chi connectivity index (χ3n) is 3.97. The number of carbonyl (C=O) groups excluding carboxylic acids is 2. The zero-order valence-electron chi connectivity index (χ0n) is 15.2. The van der Waals surface area contributed by atoms with Crippen LogP contribution < -0.4 is 10.6 Å². The van der Waals surface area contributed by atoms with E-state index in [0.717, 1.165) is 10.9 Å². The van der Waals surface area contributed by atoms with E-state index < -0.39 is 17.8 Å². The van der Waals surface area contributed by atoms with Gasteiger partial charge in [-0.05, 0) is 19.1 Å². The summed E-state index contributed by atoms with van der Waals surface area (Å²) in [5.41, 5.74) is 0.390. The average Bonchev–Trinajstić information content (AvgIpc) is 3.26. The Balaban J connectivity index is 1.88. The molecule has 0 fully saturated rings. The number of carboxylic acid groups (broad SMARTS) is 1. The maximum atomic E-state index is 12.6. The number of hydrogen-bond donors (Lipinski definition) is 3. The first-order chi connectivity index (χ1) is 13.4. The molecular weight excluding hydrogens is 364 g/mol. The number of nitrogens with zero attached hydrogens (tertiary/aromatic N) is 4. The van der Waals surface area contributed by atoms with Gasteiger partial charge in [0.15, 0.2) is 11.4 Å². The molecule has 28 heavy (non-hydrogen) atoms. The molecule has 0 unspecified atom stereocenters. The van der Waals surface area contributed by atoms with Gasteiger partial charge in [0.25, 0.3) is 11.8 Å². The van der Waals surface area contributed by atoms with Crippen molar-refractivity contribution in [3.05, 3.63) is 59.7 Å². The fourth-order valence-corrected chi connectivity index (χ4v) is 2.60. The van der Waals surface area contributed by atoms with Gasteiger partial charge in [0.1, 0.15) is 0 Å². The summed E-state index contributed by atoms with van der Waals surface area (Å²) in [6, 6.07) is 8.82. The number of amides is 2. The number of carbonyl (C=O) groups is 3. The second-order valence-corrected chi connectivity index (χ2v) is 5.86. The van der Waals surface area contributed by atoms with Crippen molar-refractivity contribution in [1.29, 1.82) is 0 Å². The van der Waals surface area contributed by atoms with Crippen molar-refractivity contribution in [1.82, 2.24) is 19.6 Å². The molecule has 3 aromatic rings. The molecule has 2 aromatic heterocycles. The van der Waals surface area contributed by atoms with Crippen LogP contribution in [0.5, 0.6) is 0 Å². The van der Waals surface area contributed by atoms with Crippen LogP contribution in [0.3, 0.4) is 0 Å². The molecule has 0 atom stereocenters. The molecule has 2 heterocycles. The number of rotatable bonds is 6. The number of para-hydroxylation sites is 1. The lowest BCUT2D eigenvalue weighted by molar-refractivity contribution is 0.0680. The fourth-order valence-electron chi connectivity index (χ4n) is 2.60. The van der Waals surface area contributed by atoms with E-state index in [4.69, 9.17) is 0 Å². The standard InChI is InChI=1S/C18H18N6O4/c1-3-24-10-13(14(22-24)17(26)20-11-7-5-4-6-8-11)21-16(25)12-9-19-23(2)15(12)18(27)28/h4-10H,3H2,1-2H3,(H,20,26)(H,21,25)(H,27,28). The summed E-state index contributed by atoms with van der Waals surface area (Å²) in [4.78, 5) is 36.6. The van der Waals surface area contributed by atoms with Crippen LogP contribution in [0.4, 0.5) is 11.4 Å². The number of nitrogens with one attached hydrogen (secondary N) is 2. The minimum atomic E-state index is -1.28. The number of benzene rings is 1. The number of aryl methyl sites for hydroxylation is 2. The summed E-state index contributed by atoms with van der Waals surface area (Å²) in [7, 11) is 1.42. The van der Waals surface area contributed by atoms with Crippen LogP contribution in [-0.2, 0) is 13.6 Å². The third kappa shape index (κ3) is 3.75. The van der Waals surface area contributed by atoms with Gasteiger partial charge in [0, 0.05) is 25.5 Å². The topological polar surface area (TPSA) is 131 Å². The second kappa shape index (κ2) is 7.74. The van der Waals surface area contributed by atoms with Gasteiger partial charge in [-0.2, -0.15) is 10.2 Å². The summed E-state index contributed by atoms with van der Waals surface area (Å²) in [6.45, 7) is 2.32. The summed E-state index contributed by atoms with van der Waals surface area (Å²) in [5.74, 6) is -2.48. The van der Waals surface area contributed by atoms with Gasteiger partial charge in [-0.1, -0.05) is 18.2 Å². The van der Waals surface area contributed by atoms with E-state index in [1.54, 1.807) is 24.3 Å². The molecule has 144 valence electrons. The van der Waals surface area contributed by atoms with Gasteiger partial charge in [-0.15, -0.1) is 0 Å². The number of hydrogen-bond acceptors (Lipinski definition) is 5. The highest BCUT2D eigenvalue weighted by Gasteiger charge is 2.24. The third-order valence-corrected chi connectivity index (χ3v) is 3.97. The van der Waals surface area contributed by atoms with E-state index in [-0.39, 0.29) is 22.6 Å². The fraction of sp³-hybridized carbons (Fsp3) is 0.167. The lowest BCUT2D eigenvalue weighted by Gasteiger charge is -2.06. The first kappa shape index (κ1) is 18.8. The largest absolute Gasteiger partial charge is 0.477 e. The molecule has 0 saturated heterocycles. The van der Waals surface area contributed by atoms with E-state index in [1.807, 2.05) is 13.0 Å². The minimum absolute atomic E-state index is 0.0137. The van der Waals surface area contributed by atoms with Crippen LogP contribution in [0.1, 0.15) is 38.3 Å². The van der Waals surface area contributed by atoms with Gasteiger partial charge in [-0.3, -0.25) is 19.0 Å². The summed E-state index contributed by atoms with van der Waals surface area (Å²) in [6.07, 6.45) is 2.67. The molecule has 0 aliphatic heterocycles. The quantitative estimate of drug-likeness (QED) is 0.596. The van der Waals surface area contributed by atoms with Crippen LogP contribution >= 0.6 is 0 Å². The van der Waals surface area contributed by atoms with Crippen molar-refractivity contribution in [2.75, 3.05) is 10.6 Å². The maximum Gasteiger partial charge on any atom is 0.354 e. The van der Waals surface area contributed by atoms with Crippen molar-refractivity contribution in [3.63, 3.8) is 0 Å². The highest BCUT2D eigenvalue weighted by molar-refractivity contribution is 6.13. The van der Waals surface area contributed by atoms with Crippen molar-refractivity contribution in [2.45, 2.75) is 13.5 Å². The van der Waals surface area contributed by atoms with Crippen molar-refractivity contribution in [3.8, 4) is 0 Å². The van der Waals surface area contributed by atoms with Crippen LogP contribution in [-0.4, -0.2) is 42.5 Å². The molecular formula is C18H18N6O4. The summed E-state index contributed by atoms with van der Waals surface area (Å²) >= 11 is 0. The van der Waals surface area contributed by atoms with E-state index in [2.05, 4.69) is 20.8 Å². The Bertz CT molecular complexity index is 1040. The Labute approximate surface area is 159 Å². The average molecular weight is 382 g/mol. The Hall–Kier alpha value is -3.95. The lowest BCUT2D eigenvalue weighted by atomic mass is 10.2. The smallest absolute Gasteiger partial charge is 0.354 e. The lowest BCUT2D eigenvalue weighted by Crippen LogP contribution is -2.20. The van der Waals surface area contributed by atoms with Crippen LogP contribution in [0.15, 0.2) is 42.7 Å². The highest BCUT2D eigenvalue weighted by atomic mass is 16.4. The molecule has 0 bridgehead atoms. The van der Waals surface area contributed by atoms with E-state index in [1.165, 1.54) is 17.9 Å². The predicted molar refractivity (Wildman–Crippen MR) is 100 cm³/mol. The Morgan fingerprint density at radius 1 is 1.11 bits per heavy atom. The van der Waals surface area contributed by atoms with Gasteiger partial charge < -0.3 is 15.7 Å². The SMILES string of the molecule is CCn1cc(NC(=O)c2cnn(C)c2C(=O)O)c(C(=O)Nc2ccccc2)n1. The van der Waals surface area contributed by atoms with Crippen LogP contribution in [0, 0.1) is 0 Å². The van der Waals surface area contributed by atoms with Crippen LogP contribution in [0.2, 0.25) is 0 Å². The molecule has 0 spiro atoms. The molecule has 0 aliphatic carbocycles. The van der Waals surface area contributed by atoms with E-state index >= 15 is 0 Å². The van der Waals surface area contributed by atoms with Gasteiger partial charge in [0.2, 0.25) is 0 Å². The molecule has 10 heteroatoms. The minimum Gasteiger partial charge on any atom is -0.477 e. The van der Waals surface area contributed by atoms with Crippen molar-refractivity contribution < 1.29 is 19.5 Å². The monoisotopic (exact) mass is 382 g/mol. The molecule has 2 amide bonds. The summed E-state index contributed by atoms with van der Waals surface area (Å²) < 4.78 is 2.59. The molecule has 3 N–H and O–H groups in total. The first-order valence-electron chi connectivity index (χ1n) is 8.41. The second-order valence-electron chi connectivity index (χ2n) is 5.86. The number of carboxylic acids is 1. The molecule has 3 rings (SSSR count). The number of aromatic nitrogens is 4. The van der Waals surface area contributed by atoms with Gasteiger partial charge in [-0.25, -0.2) is 4.79 Å². The highest BCUT2D eigenvalue weighted by Crippen LogP contribution is 2.18. The Kier molecular flexibility index (Phi) is 5.21. The van der Waals surface area contributed by atoms with E-state index in [0.29, 0.717) is 12.2 Å². The van der Waals surface area contributed by atoms with Crippen molar-refractivity contribution in [2.24, 2.45) is 7.05 Å². The number of anilines is 2. The first-order valence-corrected chi connectivity index (χ1v) is 8.41. The maximum absolute atomic E-state index is 12.6. The molecule has 10 nitrogen and oxygen atoms in total. The van der Waals surface area contributed by atoms with Gasteiger partial charge in [0.05, 0.1) is 17.4 Å². The predicted octanol–water partition coefficient (Wildman–Crippen LogP) is 1.84. The Morgan fingerprint density at radius 3 is 2.46 bits per heavy atom. The number of aromatic carboxylic acids is 1. The molecule has 0 aliphatic rings. The Morgan fingerprint density at radius 2 is 1.82 bits per heavy atom. The van der Waals surface area contributed by atoms with Crippen LogP contribution in [0.25, 0.3) is 0 Å². The summed E-state index contributed by atoms with van der Waals surface area (Å²) in [5, 5.41) is 22.5.